The van der Waals surface area contributed by atoms with Gasteiger partial charge in [-0.05, 0) is 52.2 Å². The molecule has 1 saturated heterocycles. The van der Waals surface area contributed by atoms with Crippen LogP contribution in [0.2, 0.25) is 0 Å². The third-order valence-electron chi connectivity index (χ3n) is 5.83. The lowest BCUT2D eigenvalue weighted by atomic mass is 9.85. The lowest BCUT2D eigenvalue weighted by Crippen LogP contribution is -2.32. The van der Waals surface area contributed by atoms with Crippen molar-refractivity contribution >= 4 is 34.5 Å². The smallest absolute Gasteiger partial charge is 0.295 e. The van der Waals surface area contributed by atoms with Gasteiger partial charge in [-0.2, -0.15) is 11.3 Å². The summed E-state index contributed by atoms with van der Waals surface area (Å²) < 4.78 is 10.9. The van der Waals surface area contributed by atoms with Crippen LogP contribution in [-0.4, -0.2) is 42.8 Å². The molecule has 0 N–H and O–H groups in total. The van der Waals surface area contributed by atoms with Crippen molar-refractivity contribution in [1.82, 2.24) is 4.98 Å². The second-order valence-corrected chi connectivity index (χ2v) is 9.10. The van der Waals surface area contributed by atoms with Crippen molar-refractivity contribution < 1.29 is 23.9 Å². The molecule has 2 aromatic heterocycles. The highest BCUT2D eigenvalue weighted by Gasteiger charge is 2.53. The van der Waals surface area contributed by atoms with E-state index in [-0.39, 0.29) is 18.3 Å². The third-order valence-corrected chi connectivity index (χ3v) is 6.51. The Labute approximate surface area is 202 Å². The topological polar surface area (TPSA) is 85.8 Å². The molecule has 3 heterocycles. The molecular weight excluding hydrogens is 452 g/mol. The van der Waals surface area contributed by atoms with Gasteiger partial charge in [0.05, 0.1) is 12.6 Å². The Morgan fingerprint density at radius 3 is 2.50 bits per heavy atom. The monoisotopic (exact) mass is 478 g/mol. The summed E-state index contributed by atoms with van der Waals surface area (Å²) in [6.07, 6.45) is 1.57. The van der Waals surface area contributed by atoms with Crippen molar-refractivity contribution in [2.75, 3.05) is 25.2 Å². The molecule has 7 nitrogen and oxygen atoms in total. The number of aromatic nitrogens is 1. The van der Waals surface area contributed by atoms with E-state index in [0.29, 0.717) is 17.9 Å². The van der Waals surface area contributed by atoms with Crippen LogP contribution in [0, 0.1) is 11.8 Å². The van der Waals surface area contributed by atoms with Gasteiger partial charge in [0.2, 0.25) is 11.7 Å². The standard InChI is InChI=1S/C26H26N2O5S/c1-16(2)23(29)21-22(20-5-4-11-27-25(20)33-13-12-32-3)28(26(31)24(21)30)19-8-6-17(7-9-19)18-10-14-34-15-18/h4-11,14-16,21-22H,12-13H2,1-3H3/t21?,22-/m0/s1. The van der Waals surface area contributed by atoms with Crippen LogP contribution in [0.3, 0.4) is 0 Å². The van der Waals surface area contributed by atoms with Gasteiger partial charge in [0.15, 0.2) is 0 Å². The summed E-state index contributed by atoms with van der Waals surface area (Å²) in [6.45, 7) is 4.05. The number of ether oxygens (including phenoxy) is 2. The number of thiophene rings is 1. The first-order chi connectivity index (χ1) is 16.4. The van der Waals surface area contributed by atoms with Gasteiger partial charge in [0.1, 0.15) is 18.3 Å². The number of carbonyl (C=O) groups is 3. The first-order valence-corrected chi connectivity index (χ1v) is 12.0. The van der Waals surface area contributed by atoms with Crippen LogP contribution in [0.4, 0.5) is 5.69 Å². The molecule has 0 radical (unpaired) electrons. The Morgan fingerprint density at radius 1 is 1.09 bits per heavy atom. The van der Waals surface area contributed by atoms with E-state index in [2.05, 4.69) is 4.98 Å². The molecule has 1 aromatic carbocycles. The van der Waals surface area contributed by atoms with Gasteiger partial charge in [-0.25, -0.2) is 4.98 Å². The molecular formula is C26H26N2O5S. The van der Waals surface area contributed by atoms with Gasteiger partial charge in [-0.3, -0.25) is 19.3 Å². The largest absolute Gasteiger partial charge is 0.475 e. The van der Waals surface area contributed by atoms with Crippen molar-refractivity contribution in [3.8, 4) is 17.0 Å². The lowest BCUT2D eigenvalue weighted by molar-refractivity contribution is -0.139. The van der Waals surface area contributed by atoms with Gasteiger partial charge < -0.3 is 9.47 Å². The van der Waals surface area contributed by atoms with E-state index in [1.165, 1.54) is 4.90 Å². The maximum absolute atomic E-state index is 13.3. The number of carbonyl (C=O) groups excluding carboxylic acids is 3. The Hall–Kier alpha value is -3.36. The molecule has 1 unspecified atom stereocenters. The number of hydrogen-bond acceptors (Lipinski definition) is 7. The molecule has 2 atom stereocenters. The van der Waals surface area contributed by atoms with E-state index in [1.807, 2.05) is 29.0 Å². The predicted molar refractivity (Wildman–Crippen MR) is 130 cm³/mol. The summed E-state index contributed by atoms with van der Waals surface area (Å²) in [7, 11) is 1.57. The van der Waals surface area contributed by atoms with Crippen LogP contribution in [0.1, 0.15) is 25.5 Å². The van der Waals surface area contributed by atoms with E-state index in [0.717, 1.165) is 11.1 Å². The van der Waals surface area contributed by atoms with E-state index in [4.69, 9.17) is 9.47 Å². The summed E-state index contributed by atoms with van der Waals surface area (Å²) in [5.41, 5.74) is 3.12. The molecule has 0 saturated carbocycles. The Kier molecular flexibility index (Phi) is 7.19. The first-order valence-electron chi connectivity index (χ1n) is 11.0. The number of ketones is 2. The van der Waals surface area contributed by atoms with Gasteiger partial charge >= 0.3 is 0 Å². The van der Waals surface area contributed by atoms with Crippen LogP contribution in [0.15, 0.2) is 59.4 Å². The highest BCUT2D eigenvalue weighted by atomic mass is 32.1. The number of pyridine rings is 1. The second kappa shape index (κ2) is 10.3. The van der Waals surface area contributed by atoms with Crippen molar-refractivity contribution in [2.45, 2.75) is 19.9 Å². The molecule has 1 aliphatic rings. The van der Waals surface area contributed by atoms with Crippen LogP contribution < -0.4 is 9.64 Å². The van der Waals surface area contributed by atoms with Gasteiger partial charge in [-0.1, -0.05) is 26.0 Å². The fourth-order valence-corrected chi connectivity index (χ4v) is 4.79. The Morgan fingerprint density at radius 2 is 1.85 bits per heavy atom. The summed E-state index contributed by atoms with van der Waals surface area (Å²) in [4.78, 5) is 45.3. The lowest BCUT2D eigenvalue weighted by Gasteiger charge is -2.28. The number of nitrogens with zero attached hydrogens (tertiary/aromatic N) is 2. The molecule has 176 valence electrons. The number of benzene rings is 1. The predicted octanol–water partition coefficient (Wildman–Crippen LogP) is 4.33. The average molecular weight is 479 g/mol. The average Bonchev–Trinajstić information content (AvgIpc) is 3.47. The molecule has 1 aliphatic heterocycles. The van der Waals surface area contributed by atoms with Gasteiger partial charge in [-0.15, -0.1) is 0 Å². The SMILES string of the molecule is COCCOc1ncccc1[C@H]1C(C(=O)C(C)C)C(=O)C(=O)N1c1ccc(-c2ccsc2)cc1. The number of Topliss-reactive ketones (excluding diaryl/α,β-unsaturated/α-hetero) is 2. The second-order valence-electron chi connectivity index (χ2n) is 8.32. The van der Waals surface area contributed by atoms with Crippen molar-refractivity contribution in [3.05, 3.63) is 65.0 Å². The number of hydrogen-bond donors (Lipinski definition) is 0. The van der Waals surface area contributed by atoms with E-state index >= 15 is 0 Å². The molecule has 1 amide bonds. The minimum Gasteiger partial charge on any atom is -0.475 e. The van der Waals surface area contributed by atoms with E-state index in [1.54, 1.807) is 62.8 Å². The maximum atomic E-state index is 13.3. The number of methoxy groups -OCH3 is 1. The fraction of sp³-hybridized carbons (Fsp3) is 0.308. The zero-order chi connectivity index (χ0) is 24.2. The molecule has 34 heavy (non-hydrogen) atoms. The van der Waals surface area contributed by atoms with E-state index in [9.17, 15) is 14.4 Å². The van der Waals surface area contributed by atoms with Crippen LogP contribution >= 0.6 is 11.3 Å². The minimum absolute atomic E-state index is 0.243. The van der Waals surface area contributed by atoms with Crippen LogP contribution in [-0.2, 0) is 19.1 Å². The fourth-order valence-electron chi connectivity index (χ4n) is 4.12. The summed E-state index contributed by atoms with van der Waals surface area (Å²) >= 11 is 1.60. The quantitative estimate of drug-likeness (QED) is 0.258. The maximum Gasteiger partial charge on any atom is 0.295 e. The van der Waals surface area contributed by atoms with Crippen molar-refractivity contribution in [1.29, 1.82) is 0 Å². The molecule has 0 bridgehead atoms. The molecule has 1 fully saturated rings. The minimum atomic E-state index is -1.14. The highest BCUT2D eigenvalue weighted by Crippen LogP contribution is 2.44. The van der Waals surface area contributed by atoms with Gasteiger partial charge in [0.25, 0.3) is 5.91 Å². The Balaban J connectivity index is 1.79. The zero-order valence-corrected chi connectivity index (χ0v) is 20.1. The van der Waals surface area contributed by atoms with Crippen LogP contribution in [0.25, 0.3) is 11.1 Å². The highest BCUT2D eigenvalue weighted by molar-refractivity contribution is 7.08. The summed E-state index contributed by atoms with van der Waals surface area (Å²) in [6, 6.07) is 12.0. The Bertz CT molecular complexity index is 1170. The molecule has 3 aromatic rings. The summed E-state index contributed by atoms with van der Waals surface area (Å²) in [5, 5.41) is 4.04. The summed E-state index contributed by atoms with van der Waals surface area (Å²) in [5.74, 6) is -2.99. The number of anilines is 1. The van der Waals surface area contributed by atoms with Crippen molar-refractivity contribution in [3.63, 3.8) is 0 Å². The molecule has 4 rings (SSSR count). The van der Waals surface area contributed by atoms with E-state index < -0.39 is 29.6 Å². The van der Waals surface area contributed by atoms with Crippen molar-refractivity contribution in [2.24, 2.45) is 11.8 Å². The normalized spacial score (nSPS) is 18.1. The molecule has 0 spiro atoms. The zero-order valence-electron chi connectivity index (χ0n) is 19.3. The molecule has 0 aliphatic carbocycles. The third kappa shape index (κ3) is 4.51. The number of rotatable bonds is 9. The first kappa shape index (κ1) is 23.8. The number of amides is 1. The van der Waals surface area contributed by atoms with Crippen LogP contribution in [0.5, 0.6) is 5.88 Å². The van der Waals surface area contributed by atoms with Gasteiger partial charge in [0, 0.05) is 30.5 Å². The molecule has 8 heteroatoms.